The first-order chi connectivity index (χ1) is 14.9. The van der Waals surface area contributed by atoms with Crippen molar-refractivity contribution < 1.29 is 14.5 Å². The zero-order valence-corrected chi connectivity index (χ0v) is 18.4. The summed E-state index contributed by atoms with van der Waals surface area (Å²) < 4.78 is 7.10. The number of hydrogen-bond donors (Lipinski definition) is 1. The molecular formula is C20H20ClN5O4S. The van der Waals surface area contributed by atoms with Crippen molar-refractivity contribution in [3.63, 3.8) is 0 Å². The third-order valence-electron chi connectivity index (χ3n) is 4.28. The predicted molar refractivity (Wildman–Crippen MR) is 120 cm³/mol. The van der Waals surface area contributed by atoms with E-state index in [-0.39, 0.29) is 28.1 Å². The molecular weight excluding hydrogens is 442 g/mol. The number of ether oxygens (including phenoxy) is 1. The number of halogens is 1. The molecule has 0 unspecified atom stereocenters. The quantitative estimate of drug-likeness (QED) is 0.289. The molecule has 3 aromatic rings. The second kappa shape index (κ2) is 10.4. The second-order valence-corrected chi connectivity index (χ2v) is 7.93. The molecule has 0 saturated heterocycles. The van der Waals surface area contributed by atoms with E-state index in [2.05, 4.69) is 15.5 Å². The normalized spacial score (nSPS) is 10.8. The lowest BCUT2D eigenvalue weighted by molar-refractivity contribution is -0.384. The number of nitro groups is 1. The molecule has 0 bridgehead atoms. The topological polar surface area (TPSA) is 112 Å². The lowest BCUT2D eigenvalue weighted by atomic mass is 10.1. The Kier molecular flexibility index (Phi) is 7.61. The van der Waals surface area contributed by atoms with Gasteiger partial charge < -0.3 is 10.1 Å². The summed E-state index contributed by atoms with van der Waals surface area (Å²) in [6.45, 7) is 2.98. The molecule has 1 N–H and O–H groups in total. The lowest BCUT2D eigenvalue weighted by Crippen LogP contribution is -2.15. The standard InChI is InChI=1S/C20H20ClN5O4S/c1-13-4-3-5-14(10-13)19-23-24-20(25(19)8-9-30-2)31-12-18(27)22-17-11-15(26(28)29)6-7-16(17)21/h3-7,10-11H,8-9,12H2,1-2H3,(H,22,27). The molecule has 0 spiro atoms. The molecule has 0 aliphatic carbocycles. The number of amides is 1. The highest BCUT2D eigenvalue weighted by molar-refractivity contribution is 7.99. The van der Waals surface area contributed by atoms with Crippen LogP contribution in [0.4, 0.5) is 11.4 Å². The fraction of sp³-hybridized carbons (Fsp3) is 0.250. The van der Waals surface area contributed by atoms with Gasteiger partial charge in [-0.05, 0) is 19.1 Å². The molecule has 1 aromatic heterocycles. The molecule has 1 heterocycles. The van der Waals surface area contributed by atoms with Crippen LogP contribution in [-0.2, 0) is 16.1 Å². The molecule has 0 fully saturated rings. The number of anilines is 1. The number of benzene rings is 2. The van der Waals surface area contributed by atoms with Crippen molar-refractivity contribution in [1.29, 1.82) is 0 Å². The maximum absolute atomic E-state index is 12.4. The minimum Gasteiger partial charge on any atom is -0.383 e. The number of aromatic nitrogens is 3. The van der Waals surface area contributed by atoms with Crippen LogP contribution in [0.25, 0.3) is 11.4 Å². The van der Waals surface area contributed by atoms with E-state index in [0.717, 1.165) is 11.1 Å². The van der Waals surface area contributed by atoms with E-state index in [1.165, 1.54) is 30.0 Å². The van der Waals surface area contributed by atoms with Crippen LogP contribution >= 0.6 is 23.4 Å². The Morgan fingerprint density at radius 1 is 1.29 bits per heavy atom. The summed E-state index contributed by atoms with van der Waals surface area (Å²) in [6, 6.07) is 11.8. The van der Waals surface area contributed by atoms with Crippen LogP contribution in [0.15, 0.2) is 47.6 Å². The summed E-state index contributed by atoms with van der Waals surface area (Å²) in [4.78, 5) is 22.8. The minimum atomic E-state index is -0.550. The van der Waals surface area contributed by atoms with E-state index in [1.807, 2.05) is 35.8 Å². The number of non-ortho nitro benzene ring substituents is 1. The number of carbonyl (C=O) groups is 1. The van der Waals surface area contributed by atoms with Crippen molar-refractivity contribution >= 4 is 40.6 Å². The van der Waals surface area contributed by atoms with Gasteiger partial charge in [-0.1, -0.05) is 47.1 Å². The smallest absolute Gasteiger partial charge is 0.271 e. The second-order valence-electron chi connectivity index (χ2n) is 6.58. The number of nitro benzene ring substituents is 1. The van der Waals surface area contributed by atoms with E-state index in [0.29, 0.717) is 24.1 Å². The van der Waals surface area contributed by atoms with Crippen LogP contribution in [0.3, 0.4) is 0 Å². The van der Waals surface area contributed by atoms with Crippen LogP contribution in [-0.4, -0.2) is 45.1 Å². The molecule has 0 atom stereocenters. The first-order valence-corrected chi connectivity index (χ1v) is 10.6. The van der Waals surface area contributed by atoms with Crippen LogP contribution in [0.1, 0.15) is 5.56 Å². The van der Waals surface area contributed by atoms with Gasteiger partial charge in [0.15, 0.2) is 11.0 Å². The van der Waals surface area contributed by atoms with E-state index in [9.17, 15) is 14.9 Å². The van der Waals surface area contributed by atoms with E-state index < -0.39 is 4.92 Å². The first kappa shape index (κ1) is 22.7. The van der Waals surface area contributed by atoms with Crippen LogP contribution < -0.4 is 5.32 Å². The highest BCUT2D eigenvalue weighted by atomic mass is 35.5. The van der Waals surface area contributed by atoms with Crippen LogP contribution in [0.5, 0.6) is 0 Å². The Hall–Kier alpha value is -2.95. The van der Waals surface area contributed by atoms with E-state index in [4.69, 9.17) is 16.3 Å². The number of nitrogens with one attached hydrogen (secondary N) is 1. The molecule has 162 valence electrons. The Balaban J connectivity index is 1.74. The lowest BCUT2D eigenvalue weighted by Gasteiger charge is -2.10. The van der Waals surface area contributed by atoms with Gasteiger partial charge in [0.1, 0.15) is 0 Å². The number of rotatable bonds is 9. The molecule has 3 rings (SSSR count). The van der Waals surface area contributed by atoms with Crippen LogP contribution in [0, 0.1) is 17.0 Å². The minimum absolute atomic E-state index is 0.0257. The number of thioether (sulfide) groups is 1. The Morgan fingerprint density at radius 3 is 2.81 bits per heavy atom. The highest BCUT2D eigenvalue weighted by Crippen LogP contribution is 2.28. The Bertz CT molecular complexity index is 1100. The summed E-state index contributed by atoms with van der Waals surface area (Å²) in [5, 5.41) is 22.9. The van der Waals surface area contributed by atoms with Crippen molar-refractivity contribution in [3.05, 3.63) is 63.2 Å². The largest absolute Gasteiger partial charge is 0.383 e. The van der Waals surface area contributed by atoms with Crippen molar-refractivity contribution in [2.24, 2.45) is 0 Å². The van der Waals surface area contributed by atoms with Crippen molar-refractivity contribution in [2.45, 2.75) is 18.6 Å². The number of methoxy groups -OCH3 is 1. The van der Waals surface area contributed by atoms with Crippen molar-refractivity contribution in [3.8, 4) is 11.4 Å². The number of hydrogen-bond acceptors (Lipinski definition) is 7. The van der Waals surface area contributed by atoms with Gasteiger partial charge >= 0.3 is 0 Å². The third-order valence-corrected chi connectivity index (χ3v) is 5.58. The highest BCUT2D eigenvalue weighted by Gasteiger charge is 2.17. The van der Waals surface area contributed by atoms with Gasteiger partial charge in [0.2, 0.25) is 5.91 Å². The number of carbonyl (C=O) groups excluding carboxylic acids is 1. The molecule has 31 heavy (non-hydrogen) atoms. The molecule has 0 aliphatic heterocycles. The molecule has 0 aliphatic rings. The molecule has 0 saturated carbocycles. The van der Waals surface area contributed by atoms with Gasteiger partial charge in [-0.2, -0.15) is 0 Å². The van der Waals surface area contributed by atoms with E-state index in [1.54, 1.807) is 7.11 Å². The zero-order chi connectivity index (χ0) is 22.4. The van der Waals surface area contributed by atoms with Gasteiger partial charge in [0.25, 0.3) is 5.69 Å². The van der Waals surface area contributed by atoms with E-state index >= 15 is 0 Å². The predicted octanol–water partition coefficient (Wildman–Crippen LogP) is 4.19. The van der Waals surface area contributed by atoms with Crippen LogP contribution in [0.2, 0.25) is 5.02 Å². The van der Waals surface area contributed by atoms with Crippen molar-refractivity contribution in [1.82, 2.24) is 14.8 Å². The number of aryl methyl sites for hydroxylation is 1. The third kappa shape index (κ3) is 5.81. The molecule has 1 amide bonds. The molecule has 9 nitrogen and oxygen atoms in total. The molecule has 11 heteroatoms. The van der Waals surface area contributed by atoms with Gasteiger partial charge in [-0.25, -0.2) is 0 Å². The Labute approximate surface area is 187 Å². The summed E-state index contributed by atoms with van der Waals surface area (Å²) in [5.74, 6) is 0.342. The first-order valence-electron chi connectivity index (χ1n) is 9.25. The summed E-state index contributed by atoms with van der Waals surface area (Å²) >= 11 is 7.25. The zero-order valence-electron chi connectivity index (χ0n) is 16.9. The fourth-order valence-corrected chi connectivity index (χ4v) is 3.75. The summed E-state index contributed by atoms with van der Waals surface area (Å²) in [5.41, 5.74) is 2.04. The maximum atomic E-state index is 12.4. The number of nitrogens with zero attached hydrogens (tertiary/aromatic N) is 4. The Morgan fingerprint density at radius 2 is 2.10 bits per heavy atom. The van der Waals surface area contributed by atoms with Gasteiger partial charge in [-0.15, -0.1) is 10.2 Å². The molecule has 0 radical (unpaired) electrons. The average molecular weight is 462 g/mol. The van der Waals surface area contributed by atoms with Gasteiger partial charge in [0.05, 0.1) is 34.5 Å². The monoisotopic (exact) mass is 461 g/mol. The maximum Gasteiger partial charge on any atom is 0.271 e. The summed E-state index contributed by atoms with van der Waals surface area (Å²) in [7, 11) is 1.61. The van der Waals surface area contributed by atoms with Gasteiger partial charge in [0, 0.05) is 24.8 Å². The fourth-order valence-electron chi connectivity index (χ4n) is 2.82. The average Bonchev–Trinajstić information content (AvgIpc) is 3.15. The summed E-state index contributed by atoms with van der Waals surface area (Å²) in [6.07, 6.45) is 0. The SMILES string of the molecule is COCCn1c(SCC(=O)Nc2cc([N+](=O)[O-])ccc2Cl)nnc1-c1cccc(C)c1. The van der Waals surface area contributed by atoms with Gasteiger partial charge in [-0.3, -0.25) is 19.5 Å². The molecule has 2 aromatic carbocycles. The van der Waals surface area contributed by atoms with Crippen molar-refractivity contribution in [2.75, 3.05) is 24.8 Å².